The summed E-state index contributed by atoms with van der Waals surface area (Å²) in [4.78, 5) is 11.3. The molecule has 2 nitrogen and oxygen atoms in total. The summed E-state index contributed by atoms with van der Waals surface area (Å²) in [6.07, 6.45) is 11.1. The Bertz CT molecular complexity index is 679. The van der Waals surface area contributed by atoms with Gasteiger partial charge in [0, 0.05) is 5.56 Å². The van der Waals surface area contributed by atoms with E-state index >= 15 is 0 Å². The molecule has 0 fully saturated rings. The van der Waals surface area contributed by atoms with Gasteiger partial charge in [-0.1, -0.05) is 95.8 Å². The average molecular weight is 413 g/mol. The predicted octanol–water partition coefficient (Wildman–Crippen LogP) is 8.05. The fourth-order valence-corrected chi connectivity index (χ4v) is 4.18. The second-order valence-corrected chi connectivity index (χ2v) is 8.73. The summed E-state index contributed by atoms with van der Waals surface area (Å²) in [6.45, 7) is 16.6. The van der Waals surface area contributed by atoms with E-state index in [0.717, 1.165) is 16.3 Å². The van der Waals surface area contributed by atoms with Crippen molar-refractivity contribution in [1.29, 1.82) is 0 Å². The van der Waals surface area contributed by atoms with Crippen molar-refractivity contribution >= 4 is 16.6 Å². The molecule has 0 amide bonds. The van der Waals surface area contributed by atoms with E-state index in [-0.39, 0.29) is 5.78 Å². The molecule has 0 bridgehead atoms. The Kier molecular flexibility index (Phi) is 13.3. The van der Waals surface area contributed by atoms with Gasteiger partial charge in [-0.2, -0.15) is 0 Å². The second-order valence-electron chi connectivity index (χ2n) is 8.73. The van der Waals surface area contributed by atoms with E-state index in [1.165, 1.54) is 82.0 Å². The van der Waals surface area contributed by atoms with E-state index in [1.54, 1.807) is 6.92 Å². The van der Waals surface area contributed by atoms with Crippen LogP contribution in [0.3, 0.4) is 0 Å². The molecule has 0 unspecified atom stereocenters. The highest BCUT2D eigenvalue weighted by molar-refractivity contribution is 6.06. The Balaban J connectivity index is 0.000000308. The number of unbranched alkanes of at least 4 members (excludes halogenated alkanes) is 4. The lowest BCUT2D eigenvalue weighted by atomic mass is 10.0. The minimum Gasteiger partial charge on any atom is -0.324 e. The van der Waals surface area contributed by atoms with E-state index in [9.17, 15) is 4.79 Å². The normalized spacial score (nSPS) is 11.2. The number of benzene rings is 2. The van der Waals surface area contributed by atoms with Crippen LogP contribution < -0.4 is 0 Å². The summed E-state index contributed by atoms with van der Waals surface area (Å²) in [5.41, 5.74) is 0.804. The van der Waals surface area contributed by atoms with Crippen molar-refractivity contribution in [2.24, 2.45) is 0 Å². The zero-order valence-electron chi connectivity index (χ0n) is 20.4. The lowest BCUT2D eigenvalue weighted by Crippen LogP contribution is -2.50. The molecule has 0 aliphatic heterocycles. The first-order valence-electron chi connectivity index (χ1n) is 12.4. The van der Waals surface area contributed by atoms with Gasteiger partial charge in [0.25, 0.3) is 0 Å². The first-order valence-corrected chi connectivity index (χ1v) is 12.4. The third kappa shape index (κ3) is 9.00. The highest BCUT2D eigenvalue weighted by Gasteiger charge is 2.24. The van der Waals surface area contributed by atoms with Crippen LogP contribution >= 0.6 is 0 Å². The SMILES string of the molecule is CC(=O)c1cccc2ccccc12.CCCC[N+](CCCC)(CCCC)CCCC. The molecule has 0 aliphatic carbocycles. The summed E-state index contributed by atoms with van der Waals surface area (Å²) >= 11 is 0. The van der Waals surface area contributed by atoms with Crippen molar-refractivity contribution < 1.29 is 9.28 Å². The van der Waals surface area contributed by atoms with Crippen LogP contribution in [-0.4, -0.2) is 36.4 Å². The Morgan fingerprint density at radius 1 is 0.667 bits per heavy atom. The standard InChI is InChI=1S/C16H36N.C12H10O/c1-5-9-13-17(14-10-6-2,15-11-7-3)16-12-8-4;1-9(13)11-8-4-6-10-5-2-3-7-12(10)11/h5-16H2,1-4H3;2-8H,1H3/q+1;. The van der Waals surface area contributed by atoms with Crippen molar-refractivity contribution in [3.63, 3.8) is 0 Å². The number of hydrogen-bond acceptors (Lipinski definition) is 1. The number of carbonyl (C=O) groups is 1. The van der Waals surface area contributed by atoms with E-state index in [2.05, 4.69) is 27.7 Å². The van der Waals surface area contributed by atoms with Crippen LogP contribution in [0.2, 0.25) is 0 Å². The van der Waals surface area contributed by atoms with E-state index in [0.29, 0.717) is 0 Å². The zero-order chi connectivity index (χ0) is 22.2. The molecule has 0 aromatic heterocycles. The molecule has 2 aromatic rings. The van der Waals surface area contributed by atoms with Crippen LogP contribution in [0.1, 0.15) is 96.3 Å². The summed E-state index contributed by atoms with van der Waals surface area (Å²) in [5, 5.41) is 2.16. The first-order chi connectivity index (χ1) is 14.5. The van der Waals surface area contributed by atoms with Crippen molar-refractivity contribution in [3.05, 3.63) is 48.0 Å². The van der Waals surface area contributed by atoms with Gasteiger partial charge in [0.05, 0.1) is 26.2 Å². The molecule has 168 valence electrons. The maximum Gasteiger partial charge on any atom is 0.160 e. The van der Waals surface area contributed by atoms with Gasteiger partial charge in [-0.05, 0) is 43.4 Å². The molecule has 0 radical (unpaired) electrons. The molecular weight excluding hydrogens is 366 g/mol. The molecule has 0 spiro atoms. The van der Waals surface area contributed by atoms with Crippen molar-refractivity contribution in [3.8, 4) is 0 Å². The molecule has 2 heteroatoms. The molecule has 2 aromatic carbocycles. The number of Topliss-reactive ketones (excluding diaryl/α,β-unsaturated/α-hetero) is 1. The zero-order valence-corrected chi connectivity index (χ0v) is 20.4. The van der Waals surface area contributed by atoms with Crippen LogP contribution in [-0.2, 0) is 0 Å². The summed E-state index contributed by atoms with van der Waals surface area (Å²) in [5.74, 6) is 0.122. The van der Waals surface area contributed by atoms with E-state index in [1.807, 2.05) is 42.5 Å². The monoisotopic (exact) mass is 412 g/mol. The van der Waals surface area contributed by atoms with Crippen molar-refractivity contribution in [2.75, 3.05) is 26.2 Å². The van der Waals surface area contributed by atoms with Gasteiger partial charge in [-0.15, -0.1) is 0 Å². The maximum absolute atomic E-state index is 11.3. The summed E-state index contributed by atoms with van der Waals surface area (Å²) < 4.78 is 1.42. The predicted molar refractivity (Wildman–Crippen MR) is 133 cm³/mol. The number of hydrogen-bond donors (Lipinski definition) is 0. The van der Waals surface area contributed by atoms with Gasteiger partial charge in [0.1, 0.15) is 0 Å². The van der Waals surface area contributed by atoms with Crippen LogP contribution in [0.25, 0.3) is 10.8 Å². The Hall–Kier alpha value is -1.67. The lowest BCUT2D eigenvalue weighted by molar-refractivity contribution is -0.929. The largest absolute Gasteiger partial charge is 0.324 e. The highest BCUT2D eigenvalue weighted by Crippen LogP contribution is 2.18. The summed E-state index contributed by atoms with van der Waals surface area (Å²) in [6, 6.07) is 13.7. The van der Waals surface area contributed by atoms with Gasteiger partial charge in [0.2, 0.25) is 0 Å². The smallest absolute Gasteiger partial charge is 0.160 e. The molecule has 0 heterocycles. The minimum atomic E-state index is 0.122. The Labute approximate surface area is 186 Å². The van der Waals surface area contributed by atoms with Crippen molar-refractivity contribution in [2.45, 2.75) is 86.0 Å². The van der Waals surface area contributed by atoms with Crippen LogP contribution in [0, 0.1) is 0 Å². The Morgan fingerprint density at radius 3 is 1.53 bits per heavy atom. The fourth-order valence-electron chi connectivity index (χ4n) is 4.18. The van der Waals surface area contributed by atoms with Crippen molar-refractivity contribution in [1.82, 2.24) is 0 Å². The quantitative estimate of drug-likeness (QED) is 0.240. The molecule has 0 atom stereocenters. The molecule has 0 N–H and O–H groups in total. The third-order valence-corrected chi connectivity index (χ3v) is 6.11. The van der Waals surface area contributed by atoms with E-state index in [4.69, 9.17) is 0 Å². The van der Waals surface area contributed by atoms with Crippen LogP contribution in [0.15, 0.2) is 42.5 Å². The van der Waals surface area contributed by atoms with Gasteiger partial charge < -0.3 is 4.48 Å². The Morgan fingerprint density at radius 2 is 1.10 bits per heavy atom. The first kappa shape index (κ1) is 26.4. The van der Waals surface area contributed by atoms with Crippen LogP contribution in [0.5, 0.6) is 0 Å². The lowest BCUT2D eigenvalue weighted by Gasteiger charge is -2.39. The second kappa shape index (κ2) is 15.2. The fraction of sp³-hybridized carbons (Fsp3) is 0.607. The van der Waals surface area contributed by atoms with Gasteiger partial charge in [-0.25, -0.2) is 0 Å². The molecule has 2 rings (SSSR count). The average Bonchev–Trinajstić information content (AvgIpc) is 2.78. The van der Waals surface area contributed by atoms with Crippen LogP contribution in [0.4, 0.5) is 0 Å². The number of nitrogens with zero attached hydrogens (tertiary/aromatic N) is 1. The van der Waals surface area contributed by atoms with Gasteiger partial charge in [-0.3, -0.25) is 4.79 Å². The maximum atomic E-state index is 11.3. The number of carbonyl (C=O) groups excluding carboxylic acids is 1. The van der Waals surface area contributed by atoms with Gasteiger partial charge in [0.15, 0.2) is 5.78 Å². The van der Waals surface area contributed by atoms with E-state index < -0.39 is 0 Å². The molecule has 0 aliphatic rings. The highest BCUT2D eigenvalue weighted by atomic mass is 16.1. The molecule has 0 saturated carbocycles. The molecular formula is C28H46NO+. The number of fused-ring (bicyclic) bond motifs is 1. The molecule has 30 heavy (non-hydrogen) atoms. The third-order valence-electron chi connectivity index (χ3n) is 6.11. The minimum absolute atomic E-state index is 0.122. The number of ketones is 1. The van der Waals surface area contributed by atoms with Gasteiger partial charge >= 0.3 is 0 Å². The number of quaternary nitrogens is 1. The summed E-state index contributed by atoms with van der Waals surface area (Å²) in [7, 11) is 0. The topological polar surface area (TPSA) is 17.1 Å². The molecule has 0 saturated heterocycles. The number of rotatable bonds is 13.